The van der Waals surface area contributed by atoms with E-state index in [4.69, 9.17) is 0 Å². The Morgan fingerprint density at radius 1 is 1.55 bits per heavy atom. The van der Waals surface area contributed by atoms with Gasteiger partial charge in [-0.2, -0.15) is 0 Å². The maximum Gasteiger partial charge on any atom is 0.233 e. The van der Waals surface area contributed by atoms with Gasteiger partial charge >= 0.3 is 0 Å². The lowest BCUT2D eigenvalue weighted by molar-refractivity contribution is -0.127. The molecule has 1 aliphatic rings. The molecule has 5 nitrogen and oxygen atoms in total. The van der Waals surface area contributed by atoms with Gasteiger partial charge in [-0.05, 0) is 25.8 Å². The van der Waals surface area contributed by atoms with Gasteiger partial charge in [0, 0.05) is 18.8 Å². The summed E-state index contributed by atoms with van der Waals surface area (Å²) in [6, 6.07) is 0. The van der Waals surface area contributed by atoms with Crippen LogP contribution >= 0.6 is 11.3 Å². The van der Waals surface area contributed by atoms with Crippen molar-refractivity contribution < 1.29 is 9.59 Å². The van der Waals surface area contributed by atoms with Crippen LogP contribution in [0.4, 0.5) is 5.13 Å². The number of aromatic nitrogens is 1. The monoisotopic (exact) mass is 295 g/mol. The molecule has 0 aliphatic carbocycles. The largest absolute Gasteiger partial charge is 0.316 e. The normalized spacial score (nSPS) is 22.5. The summed E-state index contributed by atoms with van der Waals surface area (Å²) in [6.45, 7) is 5.27. The van der Waals surface area contributed by atoms with Crippen LogP contribution in [0.25, 0.3) is 0 Å². The Hall–Kier alpha value is -1.27. The molecule has 2 N–H and O–H groups in total. The molecule has 1 atom stereocenters. The molecule has 6 heteroatoms. The lowest BCUT2D eigenvalue weighted by Crippen LogP contribution is -2.48. The first-order valence-corrected chi connectivity index (χ1v) is 7.94. The maximum atomic E-state index is 12.6. The molecule has 1 amide bonds. The number of anilines is 1. The number of thiazole rings is 1. The average molecular weight is 295 g/mol. The third kappa shape index (κ3) is 3.24. The minimum Gasteiger partial charge on any atom is -0.316 e. The molecule has 1 aliphatic heterocycles. The summed E-state index contributed by atoms with van der Waals surface area (Å²) in [5.74, 6) is -0.0552. The summed E-state index contributed by atoms with van der Waals surface area (Å²) in [5, 5.41) is 8.41. The van der Waals surface area contributed by atoms with Crippen molar-refractivity contribution >= 4 is 28.2 Å². The van der Waals surface area contributed by atoms with Crippen molar-refractivity contribution in [3.8, 4) is 0 Å². The molecule has 2 heterocycles. The predicted molar refractivity (Wildman–Crippen MR) is 80.2 cm³/mol. The van der Waals surface area contributed by atoms with E-state index in [0.29, 0.717) is 10.8 Å². The number of carbonyl (C=O) groups is 2. The van der Waals surface area contributed by atoms with Crippen molar-refractivity contribution in [1.82, 2.24) is 10.3 Å². The third-order valence-corrected chi connectivity index (χ3v) is 4.53. The summed E-state index contributed by atoms with van der Waals surface area (Å²) < 4.78 is 0. The van der Waals surface area contributed by atoms with Crippen LogP contribution in [0.3, 0.4) is 0 Å². The lowest BCUT2D eigenvalue weighted by Gasteiger charge is -2.35. The zero-order valence-corrected chi connectivity index (χ0v) is 12.8. The molecule has 0 radical (unpaired) electrons. The van der Waals surface area contributed by atoms with E-state index in [1.165, 1.54) is 18.3 Å². The van der Waals surface area contributed by atoms with Crippen molar-refractivity contribution in [2.45, 2.75) is 39.5 Å². The van der Waals surface area contributed by atoms with Crippen LogP contribution in [0.5, 0.6) is 0 Å². The highest BCUT2D eigenvalue weighted by Crippen LogP contribution is 2.33. The van der Waals surface area contributed by atoms with Crippen molar-refractivity contribution in [2.75, 3.05) is 18.4 Å². The molecule has 1 unspecified atom stereocenters. The number of rotatable bonds is 5. The van der Waals surface area contributed by atoms with Gasteiger partial charge in [0.1, 0.15) is 5.69 Å². The Balaban J connectivity index is 2.09. The number of ketones is 1. The van der Waals surface area contributed by atoms with Crippen LogP contribution in [0.15, 0.2) is 5.38 Å². The number of amides is 1. The lowest BCUT2D eigenvalue weighted by atomic mass is 9.76. The first-order chi connectivity index (χ1) is 9.57. The van der Waals surface area contributed by atoms with Gasteiger partial charge in [-0.25, -0.2) is 4.98 Å². The van der Waals surface area contributed by atoms with Gasteiger partial charge in [0.2, 0.25) is 5.91 Å². The van der Waals surface area contributed by atoms with Crippen LogP contribution in [0.1, 0.15) is 50.0 Å². The molecular weight excluding hydrogens is 274 g/mol. The van der Waals surface area contributed by atoms with Gasteiger partial charge in [-0.15, -0.1) is 11.3 Å². The Labute approximate surface area is 123 Å². The van der Waals surface area contributed by atoms with Crippen LogP contribution in [0.2, 0.25) is 0 Å². The molecule has 2 rings (SSSR count). The highest BCUT2D eigenvalue weighted by Gasteiger charge is 2.38. The van der Waals surface area contributed by atoms with Crippen LogP contribution in [0, 0.1) is 5.41 Å². The second-order valence-corrected chi connectivity index (χ2v) is 6.22. The number of nitrogens with one attached hydrogen (secondary N) is 2. The SMILES string of the molecule is CCCC1(C(=O)Nc2nc(C(C)=O)cs2)CCCNC1. The van der Waals surface area contributed by atoms with Gasteiger partial charge in [-0.3, -0.25) is 9.59 Å². The van der Waals surface area contributed by atoms with Crippen LogP contribution in [-0.2, 0) is 4.79 Å². The zero-order chi connectivity index (χ0) is 14.6. The molecule has 1 saturated heterocycles. The fourth-order valence-electron chi connectivity index (χ4n) is 2.69. The number of hydrogen-bond donors (Lipinski definition) is 2. The summed E-state index contributed by atoms with van der Waals surface area (Å²) >= 11 is 1.30. The molecule has 1 aromatic rings. The minimum absolute atomic E-state index is 0.0241. The topological polar surface area (TPSA) is 71.1 Å². The summed E-state index contributed by atoms with van der Waals surface area (Å²) in [4.78, 5) is 28.0. The second kappa shape index (κ2) is 6.45. The first-order valence-electron chi connectivity index (χ1n) is 7.06. The van der Waals surface area contributed by atoms with Gasteiger partial charge < -0.3 is 10.6 Å². The second-order valence-electron chi connectivity index (χ2n) is 5.36. The molecule has 1 aromatic heterocycles. The van der Waals surface area contributed by atoms with Gasteiger partial charge in [0.05, 0.1) is 5.41 Å². The first kappa shape index (κ1) is 15.1. The highest BCUT2D eigenvalue weighted by atomic mass is 32.1. The Morgan fingerprint density at radius 3 is 2.90 bits per heavy atom. The summed E-state index contributed by atoms with van der Waals surface area (Å²) in [7, 11) is 0. The number of piperidine rings is 1. The zero-order valence-electron chi connectivity index (χ0n) is 12.0. The molecule has 20 heavy (non-hydrogen) atoms. The number of Topliss-reactive ketones (excluding diaryl/α,β-unsaturated/α-hetero) is 1. The average Bonchev–Trinajstić information content (AvgIpc) is 2.89. The van der Waals surface area contributed by atoms with E-state index in [0.717, 1.165) is 38.8 Å². The van der Waals surface area contributed by atoms with Crippen molar-refractivity contribution in [1.29, 1.82) is 0 Å². The Morgan fingerprint density at radius 2 is 2.35 bits per heavy atom. The Bertz CT molecular complexity index is 487. The molecule has 110 valence electrons. The van der Waals surface area contributed by atoms with E-state index in [1.807, 2.05) is 0 Å². The smallest absolute Gasteiger partial charge is 0.233 e. The van der Waals surface area contributed by atoms with E-state index in [2.05, 4.69) is 22.5 Å². The van der Waals surface area contributed by atoms with Crippen molar-refractivity contribution in [3.63, 3.8) is 0 Å². The van der Waals surface area contributed by atoms with Crippen molar-refractivity contribution in [2.24, 2.45) is 5.41 Å². The molecule has 0 aromatic carbocycles. The summed E-state index contributed by atoms with van der Waals surface area (Å²) in [6.07, 6.45) is 3.77. The van der Waals surface area contributed by atoms with E-state index >= 15 is 0 Å². The van der Waals surface area contributed by atoms with Crippen LogP contribution in [-0.4, -0.2) is 29.8 Å². The van der Waals surface area contributed by atoms with E-state index in [1.54, 1.807) is 5.38 Å². The van der Waals surface area contributed by atoms with Crippen LogP contribution < -0.4 is 10.6 Å². The molecule has 0 saturated carbocycles. The fraction of sp³-hybridized carbons (Fsp3) is 0.643. The minimum atomic E-state index is -0.338. The quantitative estimate of drug-likeness (QED) is 0.819. The molecule has 0 spiro atoms. The van der Waals surface area contributed by atoms with Gasteiger partial charge in [-0.1, -0.05) is 13.3 Å². The predicted octanol–water partition coefficient (Wildman–Crippen LogP) is 2.45. The molecule has 0 bridgehead atoms. The highest BCUT2D eigenvalue weighted by molar-refractivity contribution is 7.14. The summed E-state index contributed by atoms with van der Waals surface area (Å²) in [5.41, 5.74) is 0.0753. The standard InChI is InChI=1S/C14H21N3O2S/c1-3-5-14(6-4-7-15-9-14)12(19)17-13-16-11(8-20-13)10(2)18/h8,15H,3-7,9H2,1-2H3,(H,16,17,19). The fourth-order valence-corrected chi connectivity index (χ4v) is 3.43. The van der Waals surface area contributed by atoms with E-state index in [9.17, 15) is 9.59 Å². The molecular formula is C14H21N3O2S. The Kier molecular flexibility index (Phi) is 4.88. The van der Waals surface area contributed by atoms with Crippen molar-refractivity contribution in [3.05, 3.63) is 11.1 Å². The molecule has 1 fully saturated rings. The number of hydrogen-bond acceptors (Lipinski definition) is 5. The number of carbonyl (C=O) groups excluding carboxylic acids is 2. The number of nitrogens with zero attached hydrogens (tertiary/aromatic N) is 1. The van der Waals surface area contributed by atoms with E-state index in [-0.39, 0.29) is 17.1 Å². The van der Waals surface area contributed by atoms with Gasteiger partial charge in [0.25, 0.3) is 0 Å². The van der Waals surface area contributed by atoms with Gasteiger partial charge in [0.15, 0.2) is 10.9 Å². The maximum absolute atomic E-state index is 12.6. The van der Waals surface area contributed by atoms with E-state index < -0.39 is 0 Å². The third-order valence-electron chi connectivity index (χ3n) is 3.77.